The molecule has 0 bridgehead atoms. The highest BCUT2D eigenvalue weighted by molar-refractivity contribution is 7.89. The van der Waals surface area contributed by atoms with E-state index in [1.54, 1.807) is 0 Å². The fourth-order valence-corrected chi connectivity index (χ4v) is 6.68. The second kappa shape index (κ2) is 5.65. The van der Waals surface area contributed by atoms with Gasteiger partial charge in [0.2, 0.25) is 15.8 Å². The Hall–Kier alpha value is -1.30. The van der Waals surface area contributed by atoms with Gasteiger partial charge in [-0.3, -0.25) is 4.90 Å². The Morgan fingerprint density at radius 1 is 1.21 bits per heavy atom. The van der Waals surface area contributed by atoms with Crippen molar-refractivity contribution in [1.82, 2.24) is 19.2 Å². The third-order valence-electron chi connectivity index (χ3n) is 6.63. The highest BCUT2D eigenvalue weighted by Crippen LogP contribution is 2.54. The summed E-state index contributed by atoms with van der Waals surface area (Å²) in [5.41, 5.74) is -0.0828. The number of hydrogen-bond acceptors (Lipinski definition) is 6. The minimum atomic E-state index is -4.70. The van der Waals surface area contributed by atoms with Gasteiger partial charge in [0.05, 0.1) is 24.1 Å². The van der Waals surface area contributed by atoms with Gasteiger partial charge in [-0.1, -0.05) is 0 Å². The van der Waals surface area contributed by atoms with Gasteiger partial charge >= 0.3 is 6.18 Å². The second-order valence-corrected chi connectivity index (χ2v) is 10.6. The lowest BCUT2D eigenvalue weighted by molar-refractivity contribution is -0.246. The van der Waals surface area contributed by atoms with Crippen molar-refractivity contribution < 1.29 is 26.3 Å². The number of aromatic nitrogens is 2. The maximum absolute atomic E-state index is 12.8. The van der Waals surface area contributed by atoms with Gasteiger partial charge in [0, 0.05) is 44.1 Å². The fourth-order valence-electron chi connectivity index (χ4n) is 4.91. The van der Waals surface area contributed by atoms with Gasteiger partial charge in [-0.25, -0.2) is 18.4 Å². The van der Waals surface area contributed by atoms with Crippen molar-refractivity contribution >= 4 is 10.0 Å². The molecule has 0 aromatic carbocycles. The molecule has 1 aromatic rings. The van der Waals surface area contributed by atoms with Crippen LogP contribution in [0.4, 0.5) is 13.2 Å². The lowest BCUT2D eigenvalue weighted by Gasteiger charge is -2.65. The van der Waals surface area contributed by atoms with Crippen LogP contribution in [0, 0.1) is 12.3 Å². The molecule has 11 heteroatoms. The van der Waals surface area contributed by atoms with Gasteiger partial charge in [0.25, 0.3) is 0 Å². The first-order valence-electron chi connectivity index (χ1n) is 9.31. The first-order valence-corrected chi connectivity index (χ1v) is 10.8. The minimum absolute atomic E-state index is 0.00162. The molecule has 0 atom stereocenters. The summed E-state index contributed by atoms with van der Waals surface area (Å²) >= 11 is 0. The summed E-state index contributed by atoms with van der Waals surface area (Å²) in [6, 6.07) is 0.482. The molecule has 28 heavy (non-hydrogen) atoms. The normalized spacial score (nSPS) is 27.1. The van der Waals surface area contributed by atoms with E-state index in [1.807, 2.05) is 0 Å². The summed E-state index contributed by atoms with van der Waals surface area (Å²) in [5, 5.41) is 0. The van der Waals surface area contributed by atoms with Crippen LogP contribution in [0.15, 0.2) is 11.1 Å². The van der Waals surface area contributed by atoms with E-state index >= 15 is 0 Å². The van der Waals surface area contributed by atoms with Crippen molar-refractivity contribution in [2.45, 2.75) is 48.9 Å². The van der Waals surface area contributed by atoms with Crippen LogP contribution < -0.4 is 0 Å². The Morgan fingerprint density at radius 3 is 2.36 bits per heavy atom. The number of ether oxygens (including phenoxy) is 1. The minimum Gasteiger partial charge on any atom is -0.372 e. The molecule has 0 amide bonds. The third-order valence-corrected chi connectivity index (χ3v) is 8.53. The number of rotatable bonds is 3. The van der Waals surface area contributed by atoms with Crippen LogP contribution in [0.3, 0.4) is 0 Å². The van der Waals surface area contributed by atoms with Crippen molar-refractivity contribution in [3.05, 3.63) is 17.7 Å². The van der Waals surface area contributed by atoms with E-state index in [2.05, 4.69) is 14.9 Å². The molecule has 0 N–H and O–H groups in total. The lowest BCUT2D eigenvalue weighted by Crippen LogP contribution is -2.75. The van der Waals surface area contributed by atoms with Gasteiger partial charge < -0.3 is 4.74 Å². The molecule has 0 radical (unpaired) electrons. The Morgan fingerprint density at radius 2 is 1.86 bits per heavy atom. The maximum atomic E-state index is 12.8. The van der Waals surface area contributed by atoms with E-state index in [0.29, 0.717) is 19.1 Å². The molecule has 1 aromatic heterocycles. The molecular formula is C17H21F3N4O3S. The molecule has 4 aliphatic rings. The van der Waals surface area contributed by atoms with Crippen molar-refractivity contribution in [3.8, 4) is 0 Å². The first kappa shape index (κ1) is 18.7. The molecule has 3 saturated heterocycles. The van der Waals surface area contributed by atoms with E-state index in [0.717, 1.165) is 45.2 Å². The zero-order valence-electron chi connectivity index (χ0n) is 15.4. The zero-order valence-corrected chi connectivity index (χ0v) is 16.2. The smallest absolute Gasteiger partial charge is 0.372 e. The first-order chi connectivity index (χ1) is 13.0. The van der Waals surface area contributed by atoms with Crippen LogP contribution in [0.2, 0.25) is 0 Å². The quantitative estimate of drug-likeness (QED) is 0.739. The number of aryl methyl sites for hydroxylation is 1. The van der Waals surface area contributed by atoms with Crippen LogP contribution in [-0.2, 0) is 20.9 Å². The van der Waals surface area contributed by atoms with Crippen molar-refractivity contribution in [1.29, 1.82) is 0 Å². The molecule has 4 fully saturated rings. The van der Waals surface area contributed by atoms with E-state index in [-0.39, 0.29) is 21.6 Å². The Kier molecular flexibility index (Phi) is 3.77. The summed E-state index contributed by atoms with van der Waals surface area (Å²) in [6.07, 6.45) is -0.890. The predicted molar refractivity (Wildman–Crippen MR) is 90.9 cm³/mol. The highest BCUT2D eigenvalue weighted by Gasteiger charge is 2.60. The van der Waals surface area contributed by atoms with E-state index in [4.69, 9.17) is 4.74 Å². The molecule has 0 unspecified atom stereocenters. The van der Waals surface area contributed by atoms with E-state index in [1.165, 1.54) is 11.2 Å². The molecule has 1 saturated carbocycles. The second-order valence-electron chi connectivity index (χ2n) is 8.66. The molecule has 3 aliphatic heterocycles. The zero-order chi connectivity index (χ0) is 19.9. The number of likely N-dealkylation sites (tertiary alicyclic amines) is 1. The topological polar surface area (TPSA) is 75.6 Å². The van der Waals surface area contributed by atoms with Crippen LogP contribution in [0.1, 0.15) is 30.8 Å². The largest absolute Gasteiger partial charge is 0.451 e. The Bertz CT molecular complexity index is 910. The SMILES string of the molecule is Cc1nc(C(F)(F)F)ncc1S(=O)(=O)N1CC2(CC(N3CC4(CCO4)C3)C2)C1. The fraction of sp³-hybridized carbons (Fsp3) is 0.765. The molecule has 154 valence electrons. The van der Waals surface area contributed by atoms with Gasteiger partial charge in [0.15, 0.2) is 0 Å². The number of halogens is 3. The van der Waals surface area contributed by atoms with Crippen LogP contribution in [-0.4, -0.2) is 72.0 Å². The van der Waals surface area contributed by atoms with Gasteiger partial charge in [-0.05, 0) is 19.8 Å². The average Bonchev–Trinajstić information content (AvgIpc) is 2.42. The number of hydrogen-bond donors (Lipinski definition) is 0. The van der Waals surface area contributed by atoms with E-state index in [9.17, 15) is 21.6 Å². The average molecular weight is 418 g/mol. The van der Waals surface area contributed by atoms with E-state index < -0.39 is 22.0 Å². The van der Waals surface area contributed by atoms with Crippen LogP contribution in [0.5, 0.6) is 0 Å². The van der Waals surface area contributed by atoms with Crippen molar-refractivity contribution in [2.75, 3.05) is 32.8 Å². The molecule has 4 heterocycles. The van der Waals surface area contributed by atoms with Crippen molar-refractivity contribution in [2.24, 2.45) is 5.41 Å². The molecule has 1 aliphatic carbocycles. The van der Waals surface area contributed by atoms with Crippen molar-refractivity contribution in [3.63, 3.8) is 0 Å². The van der Waals surface area contributed by atoms with Gasteiger partial charge in [-0.2, -0.15) is 17.5 Å². The predicted octanol–water partition coefficient (Wildman–Crippen LogP) is 1.43. The molecule has 5 rings (SSSR count). The lowest BCUT2D eigenvalue weighted by atomic mass is 9.60. The Balaban J connectivity index is 1.20. The molecular weight excluding hydrogens is 397 g/mol. The summed E-state index contributed by atoms with van der Waals surface area (Å²) in [5.74, 6) is -1.33. The standard InChI is InChI=1S/C17H21F3N4O3S/c1-11-13(6-21-14(22-11)17(18,19)20)28(25,26)24-7-15(8-24)4-12(5-15)23-9-16(10-23)2-3-27-16/h6,12H,2-5,7-10H2,1H3. The summed E-state index contributed by atoms with van der Waals surface area (Å²) in [7, 11) is -3.88. The van der Waals surface area contributed by atoms with Gasteiger partial charge in [0.1, 0.15) is 4.90 Å². The summed E-state index contributed by atoms with van der Waals surface area (Å²) < 4.78 is 70.6. The third kappa shape index (κ3) is 2.70. The summed E-state index contributed by atoms with van der Waals surface area (Å²) in [6.45, 7) is 4.86. The van der Waals surface area contributed by atoms with Crippen LogP contribution >= 0.6 is 0 Å². The molecule has 2 spiro atoms. The van der Waals surface area contributed by atoms with Crippen LogP contribution in [0.25, 0.3) is 0 Å². The summed E-state index contributed by atoms with van der Waals surface area (Å²) in [4.78, 5) is 8.71. The monoisotopic (exact) mass is 418 g/mol. The highest BCUT2D eigenvalue weighted by atomic mass is 32.2. The Labute approximate surface area is 160 Å². The van der Waals surface area contributed by atoms with Gasteiger partial charge in [-0.15, -0.1) is 0 Å². The number of sulfonamides is 1. The number of nitrogens with zero attached hydrogens (tertiary/aromatic N) is 4. The molecule has 7 nitrogen and oxygen atoms in total. The maximum Gasteiger partial charge on any atom is 0.451 e. The number of alkyl halides is 3.